The molecule has 0 aromatic carbocycles. The van der Waals surface area contributed by atoms with E-state index in [1.807, 2.05) is 0 Å². The molecule has 3 heterocycles. The van der Waals surface area contributed by atoms with Crippen LogP contribution in [-0.4, -0.2) is 73.8 Å². The number of aromatic nitrogens is 2. The molecule has 0 saturated carbocycles. The lowest BCUT2D eigenvalue weighted by Gasteiger charge is -2.21. The molecule has 12 heteroatoms. The van der Waals surface area contributed by atoms with Crippen molar-refractivity contribution >= 4 is 38.3 Å². The van der Waals surface area contributed by atoms with Gasteiger partial charge in [-0.2, -0.15) is 0 Å². The lowest BCUT2D eigenvalue weighted by Crippen LogP contribution is -2.39. The highest BCUT2D eigenvalue weighted by Gasteiger charge is 2.42. The van der Waals surface area contributed by atoms with E-state index < -0.39 is 34.2 Å². The molecule has 2 fully saturated rings. The maximum Gasteiger partial charge on any atom is 0.337 e. The number of unbranched alkanes of at least 4 members (excludes halogenated alkanes) is 3. The van der Waals surface area contributed by atoms with E-state index in [-0.39, 0.29) is 21.8 Å². The fraction of sp³-hybridized carbons (Fsp3) is 0.765. The van der Waals surface area contributed by atoms with Crippen molar-refractivity contribution in [1.82, 2.24) is 15.1 Å². The summed E-state index contributed by atoms with van der Waals surface area (Å²) >= 11 is 0.815. The summed E-state index contributed by atoms with van der Waals surface area (Å²) in [7, 11) is -2.00. The third-order valence-corrected chi connectivity index (χ3v) is 8.00. The molecule has 0 N–H and O–H groups in total. The molecule has 2 aliphatic heterocycles. The van der Waals surface area contributed by atoms with Crippen molar-refractivity contribution in [1.29, 1.82) is 0 Å². The highest BCUT2D eigenvalue weighted by molar-refractivity contribution is 7.93. The Morgan fingerprint density at radius 1 is 1.31 bits per heavy atom. The molecule has 2 amide bonds. The van der Waals surface area contributed by atoms with Crippen molar-refractivity contribution in [3.8, 4) is 0 Å². The van der Waals surface area contributed by atoms with Crippen molar-refractivity contribution in [3.05, 3.63) is 0 Å². The number of ether oxygens (including phenoxy) is 2. The van der Waals surface area contributed by atoms with Gasteiger partial charge >= 0.3 is 12.0 Å². The largest absolute Gasteiger partial charge is 0.437 e. The van der Waals surface area contributed by atoms with E-state index >= 15 is 0 Å². The Morgan fingerprint density at radius 2 is 2.10 bits per heavy atom. The summed E-state index contributed by atoms with van der Waals surface area (Å²) in [6.07, 6.45) is 3.19. The second-order valence-corrected chi connectivity index (χ2v) is 10.4. The van der Waals surface area contributed by atoms with E-state index in [1.54, 1.807) is 7.05 Å². The second kappa shape index (κ2) is 9.35. The number of sulfone groups is 1. The first-order chi connectivity index (χ1) is 13.8. The molecule has 0 spiro atoms. The normalized spacial score (nSPS) is 22.5. The average molecular weight is 447 g/mol. The SMILES string of the molecule is CCCCCCS(=O)(=O)c1nnc(N2C(=O)N(C)CC2OC(=O)C2CCCO2)s1. The molecule has 3 rings (SSSR count). The first-order valence-corrected chi connectivity index (χ1v) is 12.2. The Balaban J connectivity index is 1.71. The Bertz CT molecular complexity index is 837. The third kappa shape index (κ3) is 5.04. The molecule has 0 aliphatic carbocycles. The number of amides is 2. The number of likely N-dealkylation sites (N-methyl/N-ethyl adjacent to an activating group) is 1. The Kier molecular flexibility index (Phi) is 7.06. The van der Waals surface area contributed by atoms with Crippen LogP contribution in [0, 0.1) is 0 Å². The molecule has 2 unspecified atom stereocenters. The minimum Gasteiger partial charge on any atom is -0.437 e. The molecule has 2 saturated heterocycles. The van der Waals surface area contributed by atoms with Crippen LogP contribution >= 0.6 is 11.3 Å². The van der Waals surface area contributed by atoms with Crippen LogP contribution in [0.1, 0.15) is 45.4 Å². The molecule has 2 atom stereocenters. The van der Waals surface area contributed by atoms with Crippen molar-refractivity contribution in [2.75, 3.05) is 30.9 Å². The smallest absolute Gasteiger partial charge is 0.337 e. The zero-order valence-corrected chi connectivity index (χ0v) is 18.2. The molecule has 2 aliphatic rings. The molecule has 1 aromatic heterocycles. The van der Waals surface area contributed by atoms with E-state index in [2.05, 4.69) is 17.1 Å². The van der Waals surface area contributed by atoms with Gasteiger partial charge in [0.15, 0.2) is 6.10 Å². The average Bonchev–Trinajstić information content (AvgIpc) is 3.41. The maximum atomic E-state index is 12.5. The van der Waals surface area contributed by atoms with Gasteiger partial charge in [-0.1, -0.05) is 37.5 Å². The number of anilines is 1. The number of esters is 1. The molecule has 162 valence electrons. The van der Waals surface area contributed by atoms with Crippen LogP contribution in [0.25, 0.3) is 0 Å². The lowest BCUT2D eigenvalue weighted by atomic mass is 10.2. The van der Waals surface area contributed by atoms with Crippen LogP contribution in [0.5, 0.6) is 0 Å². The van der Waals surface area contributed by atoms with Crippen LogP contribution in [0.15, 0.2) is 4.34 Å². The summed E-state index contributed by atoms with van der Waals surface area (Å²) in [6.45, 7) is 2.70. The standard InChI is InChI=1S/C17H26N4O6S2/c1-3-4-5-6-10-29(24,25)16-19-18-15(28-16)21-13(11-20(2)17(21)23)27-14(22)12-8-7-9-26-12/h12-13H,3-11H2,1-2H3. The zero-order valence-electron chi connectivity index (χ0n) is 16.6. The van der Waals surface area contributed by atoms with Gasteiger partial charge in [0.2, 0.25) is 25.5 Å². The predicted octanol–water partition coefficient (Wildman–Crippen LogP) is 1.81. The van der Waals surface area contributed by atoms with Crippen LogP contribution in [0.2, 0.25) is 0 Å². The van der Waals surface area contributed by atoms with Crippen molar-refractivity contribution in [3.63, 3.8) is 0 Å². The fourth-order valence-corrected chi connectivity index (χ4v) is 5.72. The predicted molar refractivity (Wildman–Crippen MR) is 105 cm³/mol. The van der Waals surface area contributed by atoms with Crippen molar-refractivity contribution in [2.45, 2.75) is 62.1 Å². The van der Waals surface area contributed by atoms with E-state index in [4.69, 9.17) is 9.47 Å². The Labute approximate surface area is 174 Å². The summed E-state index contributed by atoms with van der Waals surface area (Å²) in [5, 5.41) is 7.77. The Hall–Kier alpha value is -1.79. The van der Waals surface area contributed by atoms with Gasteiger partial charge in [0.1, 0.15) is 0 Å². The topological polar surface area (TPSA) is 119 Å². The van der Waals surface area contributed by atoms with Crippen LogP contribution in [0.3, 0.4) is 0 Å². The Morgan fingerprint density at radius 3 is 2.79 bits per heavy atom. The van der Waals surface area contributed by atoms with Gasteiger partial charge in [-0.15, -0.1) is 10.2 Å². The van der Waals surface area contributed by atoms with E-state index in [0.29, 0.717) is 19.4 Å². The molecule has 10 nitrogen and oxygen atoms in total. The van der Waals surface area contributed by atoms with Crippen LogP contribution in [0.4, 0.5) is 9.93 Å². The van der Waals surface area contributed by atoms with E-state index in [1.165, 1.54) is 9.80 Å². The van der Waals surface area contributed by atoms with E-state index in [9.17, 15) is 18.0 Å². The molecule has 0 radical (unpaired) electrons. The van der Waals surface area contributed by atoms with E-state index in [0.717, 1.165) is 37.0 Å². The first-order valence-electron chi connectivity index (χ1n) is 9.76. The lowest BCUT2D eigenvalue weighted by molar-refractivity contribution is -0.158. The van der Waals surface area contributed by atoms with Gasteiger partial charge in [-0.05, 0) is 19.3 Å². The number of hydrogen-bond donors (Lipinski definition) is 0. The minimum absolute atomic E-state index is 0.00703. The zero-order chi connectivity index (χ0) is 21.0. The summed E-state index contributed by atoms with van der Waals surface area (Å²) in [5.41, 5.74) is 0. The van der Waals surface area contributed by atoms with Crippen LogP contribution in [-0.2, 0) is 24.1 Å². The third-order valence-electron chi connectivity index (χ3n) is 4.83. The monoisotopic (exact) mass is 446 g/mol. The summed E-state index contributed by atoms with van der Waals surface area (Å²) in [4.78, 5) is 27.4. The number of carbonyl (C=O) groups excluding carboxylic acids is 2. The van der Waals surface area contributed by atoms with Gasteiger partial charge < -0.3 is 14.4 Å². The summed E-state index contributed by atoms with van der Waals surface area (Å²) in [5.74, 6) is -0.540. The van der Waals surface area contributed by atoms with Gasteiger partial charge in [0.05, 0.1) is 12.3 Å². The number of nitrogens with zero attached hydrogens (tertiary/aromatic N) is 4. The van der Waals surface area contributed by atoms with Crippen molar-refractivity contribution < 1.29 is 27.5 Å². The number of rotatable bonds is 9. The second-order valence-electron chi connectivity index (χ2n) is 7.16. The number of carbonyl (C=O) groups is 2. The van der Waals surface area contributed by atoms with Crippen molar-refractivity contribution in [2.24, 2.45) is 0 Å². The van der Waals surface area contributed by atoms with Gasteiger partial charge in [-0.25, -0.2) is 22.9 Å². The molecule has 0 bridgehead atoms. The highest BCUT2D eigenvalue weighted by atomic mass is 32.2. The quantitative estimate of drug-likeness (QED) is 0.320. The van der Waals surface area contributed by atoms with Gasteiger partial charge in [0.25, 0.3) is 0 Å². The summed E-state index contributed by atoms with van der Waals surface area (Å²) in [6, 6.07) is -0.432. The summed E-state index contributed by atoms with van der Waals surface area (Å²) < 4.78 is 35.7. The fourth-order valence-electron chi connectivity index (χ4n) is 3.20. The molecule has 1 aromatic rings. The first kappa shape index (κ1) is 21.9. The minimum atomic E-state index is -3.57. The molecule has 29 heavy (non-hydrogen) atoms. The van der Waals surface area contributed by atoms with Gasteiger partial charge in [0, 0.05) is 13.7 Å². The number of hydrogen-bond acceptors (Lipinski definition) is 9. The maximum absolute atomic E-state index is 12.5. The van der Waals surface area contributed by atoms with Crippen LogP contribution < -0.4 is 4.90 Å². The number of urea groups is 1. The highest BCUT2D eigenvalue weighted by Crippen LogP contribution is 2.31. The molecular weight excluding hydrogens is 420 g/mol. The van der Waals surface area contributed by atoms with Gasteiger partial charge in [-0.3, -0.25) is 0 Å². The molecular formula is C17H26N4O6S2.